The van der Waals surface area contributed by atoms with Gasteiger partial charge in [0, 0.05) is 41.9 Å². The van der Waals surface area contributed by atoms with Crippen LogP contribution in [0.5, 0.6) is 0 Å². The van der Waals surface area contributed by atoms with Crippen LogP contribution in [0.4, 0.5) is 4.79 Å². The average molecular weight is 378 g/mol. The van der Waals surface area contributed by atoms with E-state index in [9.17, 15) is 9.59 Å². The molecule has 1 saturated carbocycles. The predicted molar refractivity (Wildman–Crippen MR) is 105 cm³/mol. The summed E-state index contributed by atoms with van der Waals surface area (Å²) in [5.41, 5.74) is 1.20. The van der Waals surface area contributed by atoms with Gasteiger partial charge < -0.3 is 15.1 Å². The molecule has 5 nitrogen and oxygen atoms in total. The molecule has 2 aliphatic rings. The van der Waals surface area contributed by atoms with Gasteiger partial charge in [0.05, 0.1) is 6.04 Å². The lowest BCUT2D eigenvalue weighted by Gasteiger charge is -2.37. The van der Waals surface area contributed by atoms with Gasteiger partial charge in [-0.05, 0) is 45.2 Å². The Kier molecular flexibility index (Phi) is 6.22. The van der Waals surface area contributed by atoms with Crippen molar-refractivity contribution >= 4 is 23.3 Å². The van der Waals surface area contributed by atoms with Gasteiger partial charge in [0.1, 0.15) is 0 Å². The molecular weight excluding hydrogens is 346 g/mol. The van der Waals surface area contributed by atoms with E-state index in [1.165, 1.54) is 34.6 Å². The Labute approximate surface area is 160 Å². The van der Waals surface area contributed by atoms with E-state index in [0.29, 0.717) is 32.1 Å². The minimum absolute atomic E-state index is 0.00866. The number of urea groups is 1. The first-order chi connectivity index (χ1) is 12.5. The van der Waals surface area contributed by atoms with Crippen molar-refractivity contribution in [3.63, 3.8) is 0 Å². The van der Waals surface area contributed by atoms with Crippen LogP contribution in [0.3, 0.4) is 0 Å². The topological polar surface area (TPSA) is 52.7 Å². The second kappa shape index (κ2) is 8.42. The molecule has 1 unspecified atom stereocenters. The van der Waals surface area contributed by atoms with Crippen LogP contribution in [0.25, 0.3) is 0 Å². The quantitative estimate of drug-likeness (QED) is 0.870. The molecule has 26 heavy (non-hydrogen) atoms. The van der Waals surface area contributed by atoms with E-state index in [1.807, 2.05) is 16.7 Å². The molecule has 2 heterocycles. The summed E-state index contributed by atoms with van der Waals surface area (Å²) in [6, 6.07) is 2.14. The molecule has 0 spiro atoms. The average Bonchev–Trinajstić information content (AvgIpc) is 3.00. The molecular formula is C20H31N3O2S. The first kappa shape index (κ1) is 19.2. The van der Waals surface area contributed by atoms with Crippen molar-refractivity contribution < 1.29 is 9.59 Å². The van der Waals surface area contributed by atoms with Crippen LogP contribution in [0, 0.1) is 19.8 Å². The fourth-order valence-electron chi connectivity index (χ4n) is 4.17. The van der Waals surface area contributed by atoms with Crippen molar-refractivity contribution in [1.82, 2.24) is 15.1 Å². The van der Waals surface area contributed by atoms with Crippen molar-refractivity contribution in [2.75, 3.05) is 26.2 Å². The molecule has 3 rings (SSSR count). The molecule has 0 bridgehead atoms. The number of carbonyl (C=O) groups is 2. The SMILES string of the molecule is Cc1cc(C(C)NC(=O)N2CCN(C(=O)C3CCCCC3)CC2)c(C)s1. The van der Waals surface area contributed by atoms with Crippen molar-refractivity contribution in [1.29, 1.82) is 0 Å². The summed E-state index contributed by atoms with van der Waals surface area (Å²) in [5, 5.41) is 3.12. The van der Waals surface area contributed by atoms with E-state index in [2.05, 4.69) is 25.2 Å². The number of hydrogen-bond donors (Lipinski definition) is 1. The maximum atomic E-state index is 12.6. The molecule has 1 aromatic rings. The van der Waals surface area contributed by atoms with E-state index >= 15 is 0 Å². The van der Waals surface area contributed by atoms with Crippen molar-refractivity contribution in [2.45, 2.75) is 58.9 Å². The summed E-state index contributed by atoms with van der Waals surface area (Å²) in [6.07, 6.45) is 5.70. The fourth-order valence-corrected chi connectivity index (χ4v) is 5.19. The zero-order chi connectivity index (χ0) is 18.7. The van der Waals surface area contributed by atoms with E-state index < -0.39 is 0 Å². The first-order valence-corrected chi connectivity index (χ1v) is 10.7. The lowest BCUT2D eigenvalue weighted by Crippen LogP contribution is -2.54. The molecule has 1 N–H and O–H groups in total. The van der Waals surface area contributed by atoms with Crippen LogP contribution < -0.4 is 5.32 Å². The number of piperazine rings is 1. The predicted octanol–water partition coefficient (Wildman–Crippen LogP) is 3.86. The number of thiophene rings is 1. The molecule has 1 aliphatic carbocycles. The maximum Gasteiger partial charge on any atom is 0.317 e. The van der Waals surface area contributed by atoms with E-state index in [-0.39, 0.29) is 18.0 Å². The Balaban J connectivity index is 1.48. The normalized spacial score (nSPS) is 20.1. The molecule has 2 fully saturated rings. The van der Waals surface area contributed by atoms with Crippen LogP contribution in [0.15, 0.2) is 6.07 Å². The fraction of sp³-hybridized carbons (Fsp3) is 0.700. The van der Waals surface area contributed by atoms with Gasteiger partial charge in [-0.1, -0.05) is 19.3 Å². The smallest absolute Gasteiger partial charge is 0.317 e. The molecule has 6 heteroatoms. The van der Waals surface area contributed by atoms with E-state index in [0.717, 1.165) is 12.8 Å². The summed E-state index contributed by atoms with van der Waals surface area (Å²) in [7, 11) is 0. The maximum absolute atomic E-state index is 12.6. The Bertz CT molecular complexity index is 643. The number of amides is 3. The summed E-state index contributed by atoms with van der Waals surface area (Å²) >= 11 is 1.77. The zero-order valence-electron chi connectivity index (χ0n) is 16.2. The summed E-state index contributed by atoms with van der Waals surface area (Å²) < 4.78 is 0. The molecule has 1 atom stereocenters. The lowest BCUT2D eigenvalue weighted by atomic mass is 9.88. The van der Waals surface area contributed by atoms with Crippen molar-refractivity contribution in [3.05, 3.63) is 21.4 Å². The summed E-state index contributed by atoms with van der Waals surface area (Å²) in [4.78, 5) is 31.6. The minimum Gasteiger partial charge on any atom is -0.339 e. The number of hydrogen-bond acceptors (Lipinski definition) is 3. The first-order valence-electron chi connectivity index (χ1n) is 9.87. The second-order valence-corrected chi connectivity index (χ2v) is 9.15. The lowest BCUT2D eigenvalue weighted by molar-refractivity contribution is -0.138. The third kappa shape index (κ3) is 4.40. The molecule has 144 valence electrons. The largest absolute Gasteiger partial charge is 0.339 e. The van der Waals surface area contributed by atoms with Crippen LogP contribution in [-0.2, 0) is 4.79 Å². The Hall–Kier alpha value is -1.56. The van der Waals surface area contributed by atoms with Gasteiger partial charge in [0.25, 0.3) is 0 Å². The molecule has 3 amide bonds. The monoisotopic (exact) mass is 377 g/mol. The molecule has 0 aromatic carbocycles. The highest BCUT2D eigenvalue weighted by molar-refractivity contribution is 7.12. The van der Waals surface area contributed by atoms with Gasteiger partial charge in [-0.15, -0.1) is 11.3 Å². The molecule has 0 radical (unpaired) electrons. The van der Waals surface area contributed by atoms with Gasteiger partial charge >= 0.3 is 6.03 Å². The highest BCUT2D eigenvalue weighted by Gasteiger charge is 2.30. The van der Waals surface area contributed by atoms with E-state index in [1.54, 1.807) is 11.3 Å². The van der Waals surface area contributed by atoms with Gasteiger partial charge in [-0.2, -0.15) is 0 Å². The van der Waals surface area contributed by atoms with Gasteiger partial charge in [0.2, 0.25) is 5.91 Å². The van der Waals surface area contributed by atoms with Gasteiger partial charge in [-0.3, -0.25) is 4.79 Å². The van der Waals surface area contributed by atoms with Crippen molar-refractivity contribution in [3.8, 4) is 0 Å². The molecule has 1 aliphatic heterocycles. The Morgan fingerprint density at radius 1 is 1.08 bits per heavy atom. The van der Waals surface area contributed by atoms with Gasteiger partial charge in [0.15, 0.2) is 0 Å². The number of aryl methyl sites for hydroxylation is 2. The minimum atomic E-state index is -0.0227. The number of carbonyl (C=O) groups excluding carboxylic acids is 2. The Morgan fingerprint density at radius 3 is 2.27 bits per heavy atom. The Morgan fingerprint density at radius 2 is 1.69 bits per heavy atom. The third-order valence-electron chi connectivity index (χ3n) is 5.72. The third-order valence-corrected chi connectivity index (χ3v) is 6.70. The molecule has 1 aromatic heterocycles. The highest BCUT2D eigenvalue weighted by Crippen LogP contribution is 2.27. The van der Waals surface area contributed by atoms with Gasteiger partial charge in [-0.25, -0.2) is 4.79 Å². The van der Waals surface area contributed by atoms with E-state index in [4.69, 9.17) is 0 Å². The molecule has 1 saturated heterocycles. The highest BCUT2D eigenvalue weighted by atomic mass is 32.1. The number of nitrogens with zero attached hydrogens (tertiary/aromatic N) is 2. The standard InChI is InChI=1S/C20H31N3O2S/c1-14-13-18(16(3)26-14)15(2)21-20(25)23-11-9-22(10-12-23)19(24)17-7-5-4-6-8-17/h13,15,17H,4-12H2,1-3H3,(H,21,25). The van der Waals surface area contributed by atoms with Crippen LogP contribution >= 0.6 is 11.3 Å². The summed E-state index contributed by atoms with van der Waals surface area (Å²) in [5.74, 6) is 0.524. The second-order valence-electron chi connectivity index (χ2n) is 7.69. The number of nitrogens with one attached hydrogen (secondary N) is 1. The van der Waals surface area contributed by atoms with Crippen LogP contribution in [0.2, 0.25) is 0 Å². The zero-order valence-corrected chi connectivity index (χ0v) is 17.0. The summed E-state index contributed by atoms with van der Waals surface area (Å²) in [6.45, 7) is 8.80. The van der Waals surface area contributed by atoms with Crippen LogP contribution in [-0.4, -0.2) is 47.9 Å². The number of rotatable bonds is 3. The van der Waals surface area contributed by atoms with Crippen molar-refractivity contribution in [2.24, 2.45) is 5.92 Å². The van der Waals surface area contributed by atoms with Crippen LogP contribution in [0.1, 0.15) is 60.4 Å².